The molecule has 136 valence electrons. The Balaban J connectivity index is 2.20. The van der Waals surface area contributed by atoms with Crippen molar-refractivity contribution in [2.75, 3.05) is 13.2 Å². The third-order valence-electron chi connectivity index (χ3n) is 4.25. The lowest BCUT2D eigenvalue weighted by molar-refractivity contribution is -0.146. The molecular weight excluding hydrogens is 336 g/mol. The highest BCUT2D eigenvalue weighted by molar-refractivity contribution is 5.96. The van der Waals surface area contributed by atoms with E-state index < -0.39 is 42.1 Å². The van der Waals surface area contributed by atoms with E-state index >= 15 is 0 Å². The molecule has 0 spiro atoms. The van der Waals surface area contributed by atoms with Gasteiger partial charge < -0.3 is 14.7 Å². The molecule has 1 aliphatic rings. The first-order chi connectivity index (χ1) is 11.8. The number of amides is 1. The van der Waals surface area contributed by atoms with Gasteiger partial charge in [-0.2, -0.15) is 0 Å². The Bertz CT molecular complexity index is 679. The van der Waals surface area contributed by atoms with Gasteiger partial charge in [-0.05, 0) is 25.8 Å². The number of hydrogen-bond acceptors (Lipinski definition) is 4. The molecule has 1 N–H and O–H groups in total. The number of nitrogens with zero attached hydrogens (tertiary/aromatic N) is 1. The molecule has 1 heterocycles. The van der Waals surface area contributed by atoms with Crippen LogP contribution in [0.2, 0.25) is 0 Å². The minimum absolute atomic E-state index is 0.0115. The van der Waals surface area contributed by atoms with E-state index in [9.17, 15) is 28.3 Å². The van der Waals surface area contributed by atoms with Gasteiger partial charge in [0.05, 0.1) is 12.6 Å². The number of carboxylic acid groups (broad SMARTS) is 1. The first-order valence-corrected chi connectivity index (χ1v) is 7.96. The lowest BCUT2D eigenvalue weighted by Crippen LogP contribution is -2.42. The molecule has 1 fully saturated rings. The summed E-state index contributed by atoms with van der Waals surface area (Å²) in [6.45, 7) is 1.81. The van der Waals surface area contributed by atoms with E-state index in [4.69, 9.17) is 4.74 Å². The van der Waals surface area contributed by atoms with Gasteiger partial charge in [-0.15, -0.1) is 0 Å². The van der Waals surface area contributed by atoms with E-state index in [-0.39, 0.29) is 37.3 Å². The first kappa shape index (κ1) is 18.8. The van der Waals surface area contributed by atoms with Gasteiger partial charge in [-0.3, -0.25) is 9.59 Å². The van der Waals surface area contributed by atoms with Crippen LogP contribution in [-0.4, -0.2) is 41.0 Å². The van der Waals surface area contributed by atoms with Crippen LogP contribution in [0.5, 0.6) is 0 Å². The van der Waals surface area contributed by atoms with Crippen molar-refractivity contribution in [2.24, 2.45) is 5.92 Å². The predicted octanol–water partition coefficient (Wildman–Crippen LogP) is 2.92. The maximum absolute atomic E-state index is 14.1. The van der Waals surface area contributed by atoms with E-state index in [1.165, 1.54) is 6.07 Å². The SMILES string of the molecule is CCOC(=O)CC(=O)C1CCN(C(=O)O)C(c2ccc(F)cc2F)C1. The molecule has 0 radical (unpaired) electrons. The van der Waals surface area contributed by atoms with Crippen LogP contribution in [0.4, 0.5) is 13.6 Å². The Hall–Kier alpha value is -2.51. The Labute approximate surface area is 143 Å². The number of likely N-dealkylation sites (tertiary alicyclic amines) is 1. The van der Waals surface area contributed by atoms with Crippen LogP contribution in [0.25, 0.3) is 0 Å². The van der Waals surface area contributed by atoms with Crippen molar-refractivity contribution in [3.8, 4) is 0 Å². The number of ether oxygens (including phenoxy) is 1. The van der Waals surface area contributed by atoms with Crippen molar-refractivity contribution in [3.63, 3.8) is 0 Å². The molecule has 2 unspecified atom stereocenters. The lowest BCUT2D eigenvalue weighted by Gasteiger charge is -2.37. The topological polar surface area (TPSA) is 83.9 Å². The molecule has 1 aromatic carbocycles. The summed E-state index contributed by atoms with van der Waals surface area (Å²) in [4.78, 5) is 36.2. The Morgan fingerprint density at radius 3 is 2.64 bits per heavy atom. The quantitative estimate of drug-likeness (QED) is 0.648. The Morgan fingerprint density at radius 1 is 1.32 bits per heavy atom. The van der Waals surface area contributed by atoms with Crippen molar-refractivity contribution in [2.45, 2.75) is 32.2 Å². The average Bonchev–Trinajstić information content (AvgIpc) is 2.54. The van der Waals surface area contributed by atoms with Crippen LogP contribution in [0.1, 0.15) is 37.8 Å². The molecule has 25 heavy (non-hydrogen) atoms. The van der Waals surface area contributed by atoms with Crippen molar-refractivity contribution in [1.29, 1.82) is 0 Å². The number of esters is 1. The predicted molar refractivity (Wildman–Crippen MR) is 82.8 cm³/mol. The van der Waals surface area contributed by atoms with Crippen LogP contribution in [0.15, 0.2) is 18.2 Å². The molecule has 1 aromatic rings. The second-order valence-electron chi connectivity index (χ2n) is 5.83. The molecule has 0 aromatic heterocycles. The smallest absolute Gasteiger partial charge is 0.407 e. The van der Waals surface area contributed by atoms with Gasteiger partial charge in [0.15, 0.2) is 0 Å². The summed E-state index contributed by atoms with van der Waals surface area (Å²) in [5.41, 5.74) is 0.0115. The molecule has 8 heteroatoms. The lowest BCUT2D eigenvalue weighted by atomic mass is 9.83. The number of carbonyl (C=O) groups is 3. The molecule has 0 aliphatic carbocycles. The Kier molecular flexibility index (Phi) is 6.06. The number of piperidine rings is 1. The molecule has 1 amide bonds. The highest BCUT2D eigenvalue weighted by Crippen LogP contribution is 2.36. The third-order valence-corrected chi connectivity index (χ3v) is 4.25. The maximum atomic E-state index is 14.1. The molecule has 0 bridgehead atoms. The average molecular weight is 355 g/mol. The van der Waals surface area contributed by atoms with Crippen LogP contribution in [0.3, 0.4) is 0 Å². The molecule has 1 aliphatic heterocycles. The van der Waals surface area contributed by atoms with Crippen LogP contribution in [0, 0.1) is 17.6 Å². The molecule has 2 rings (SSSR count). The van der Waals surface area contributed by atoms with Gasteiger partial charge in [0.25, 0.3) is 0 Å². The van der Waals surface area contributed by atoms with Crippen LogP contribution in [-0.2, 0) is 14.3 Å². The third kappa shape index (κ3) is 4.52. The van der Waals surface area contributed by atoms with Crippen molar-refractivity contribution < 1.29 is 33.0 Å². The summed E-state index contributed by atoms with van der Waals surface area (Å²) in [5.74, 6) is -3.23. The molecule has 2 atom stereocenters. The van der Waals surface area contributed by atoms with Crippen LogP contribution < -0.4 is 0 Å². The van der Waals surface area contributed by atoms with E-state index in [1.54, 1.807) is 6.92 Å². The molecule has 6 nitrogen and oxygen atoms in total. The zero-order valence-electron chi connectivity index (χ0n) is 13.7. The number of benzene rings is 1. The van der Waals surface area contributed by atoms with Crippen molar-refractivity contribution in [1.82, 2.24) is 4.90 Å². The second-order valence-corrected chi connectivity index (χ2v) is 5.83. The van der Waals surface area contributed by atoms with Gasteiger partial charge in [-0.1, -0.05) is 6.07 Å². The highest BCUT2D eigenvalue weighted by Gasteiger charge is 2.37. The minimum Gasteiger partial charge on any atom is -0.466 e. The summed E-state index contributed by atoms with van der Waals surface area (Å²) in [6.07, 6.45) is -1.37. The summed E-state index contributed by atoms with van der Waals surface area (Å²) < 4.78 is 31.9. The highest BCUT2D eigenvalue weighted by atomic mass is 19.1. The molecule has 0 saturated carbocycles. The fraction of sp³-hybridized carbons (Fsp3) is 0.471. The first-order valence-electron chi connectivity index (χ1n) is 7.96. The maximum Gasteiger partial charge on any atom is 0.407 e. The fourth-order valence-corrected chi connectivity index (χ4v) is 3.05. The van der Waals surface area contributed by atoms with Crippen LogP contribution >= 0.6 is 0 Å². The number of carbonyl (C=O) groups excluding carboxylic acids is 2. The summed E-state index contributed by atoms with van der Waals surface area (Å²) in [7, 11) is 0. The number of Topliss-reactive ketones (excluding diaryl/α,β-unsaturated/α-hetero) is 1. The van der Waals surface area contributed by atoms with Gasteiger partial charge in [0, 0.05) is 24.1 Å². The number of ketones is 1. The summed E-state index contributed by atoms with van der Waals surface area (Å²) in [5, 5.41) is 9.33. The van der Waals surface area contributed by atoms with E-state index in [1.807, 2.05) is 0 Å². The standard InChI is InChI=1S/C17H19F2NO5/c1-2-25-16(22)9-15(21)10-5-6-20(17(23)24)14(7-10)12-4-3-11(18)8-13(12)19/h3-4,8,10,14H,2,5-7,9H2,1H3,(H,23,24). The number of halogens is 2. The normalized spacial score (nSPS) is 20.2. The fourth-order valence-electron chi connectivity index (χ4n) is 3.05. The zero-order chi connectivity index (χ0) is 18.6. The van der Waals surface area contributed by atoms with Crippen molar-refractivity contribution >= 4 is 17.8 Å². The summed E-state index contributed by atoms with van der Waals surface area (Å²) in [6, 6.07) is 1.99. The number of rotatable bonds is 5. The van der Waals surface area contributed by atoms with Gasteiger partial charge in [0.2, 0.25) is 0 Å². The van der Waals surface area contributed by atoms with Gasteiger partial charge in [-0.25, -0.2) is 13.6 Å². The minimum atomic E-state index is -1.25. The monoisotopic (exact) mass is 355 g/mol. The molecular formula is C17H19F2NO5. The van der Waals surface area contributed by atoms with E-state index in [2.05, 4.69) is 0 Å². The second kappa shape index (κ2) is 8.04. The largest absolute Gasteiger partial charge is 0.466 e. The van der Waals surface area contributed by atoms with Gasteiger partial charge >= 0.3 is 12.1 Å². The Morgan fingerprint density at radius 2 is 2.04 bits per heavy atom. The van der Waals surface area contributed by atoms with E-state index in [0.29, 0.717) is 6.07 Å². The molecule has 1 saturated heterocycles. The van der Waals surface area contributed by atoms with Gasteiger partial charge in [0.1, 0.15) is 23.8 Å². The number of hydrogen-bond donors (Lipinski definition) is 1. The summed E-state index contributed by atoms with van der Waals surface area (Å²) >= 11 is 0. The van der Waals surface area contributed by atoms with E-state index in [0.717, 1.165) is 11.0 Å². The van der Waals surface area contributed by atoms with Crippen molar-refractivity contribution in [3.05, 3.63) is 35.4 Å². The zero-order valence-corrected chi connectivity index (χ0v) is 13.7.